The largest absolute Gasteiger partial charge is 0.364 e. The van der Waals surface area contributed by atoms with Crippen molar-refractivity contribution in [3.63, 3.8) is 0 Å². The van der Waals surface area contributed by atoms with Gasteiger partial charge in [-0.15, -0.1) is 0 Å². The third-order valence-corrected chi connectivity index (χ3v) is 5.11. The third kappa shape index (κ3) is 3.07. The minimum Gasteiger partial charge on any atom is -0.364 e. The molecule has 2 aliphatic rings. The van der Waals surface area contributed by atoms with Crippen LogP contribution in [0.2, 0.25) is 5.02 Å². The lowest BCUT2D eigenvalue weighted by Crippen LogP contribution is -2.34. The van der Waals surface area contributed by atoms with Crippen molar-refractivity contribution in [3.8, 4) is 0 Å². The molecule has 0 fully saturated rings. The van der Waals surface area contributed by atoms with Crippen LogP contribution in [0.1, 0.15) is 22.4 Å². The lowest BCUT2D eigenvalue weighted by molar-refractivity contribution is -0.131. The van der Waals surface area contributed by atoms with E-state index < -0.39 is 0 Å². The molecule has 1 aromatic carbocycles. The Bertz CT molecular complexity index is 845. The summed E-state index contributed by atoms with van der Waals surface area (Å²) in [5.74, 6) is 0.00307. The van der Waals surface area contributed by atoms with Crippen molar-refractivity contribution in [3.05, 3.63) is 57.7 Å². The lowest BCUT2D eigenvalue weighted by atomic mass is 10.1. The summed E-state index contributed by atoms with van der Waals surface area (Å²) in [7, 11) is 0. The monoisotopic (exact) mass is 358 g/mol. The lowest BCUT2D eigenvalue weighted by Gasteiger charge is -2.24. The normalized spacial score (nSPS) is 16.3. The fourth-order valence-corrected chi connectivity index (χ4v) is 3.68. The van der Waals surface area contributed by atoms with Gasteiger partial charge in [-0.3, -0.25) is 4.79 Å². The van der Waals surface area contributed by atoms with Gasteiger partial charge in [-0.2, -0.15) is 5.10 Å². The van der Waals surface area contributed by atoms with Crippen LogP contribution in [0.4, 0.5) is 0 Å². The molecule has 0 atom stereocenters. The van der Waals surface area contributed by atoms with Gasteiger partial charge in [-0.1, -0.05) is 23.7 Å². The van der Waals surface area contributed by atoms with E-state index in [4.69, 9.17) is 11.6 Å². The average molecular weight is 359 g/mol. The van der Waals surface area contributed by atoms with E-state index in [9.17, 15) is 4.79 Å². The van der Waals surface area contributed by atoms with E-state index in [0.29, 0.717) is 24.7 Å². The van der Waals surface area contributed by atoms with Crippen molar-refractivity contribution >= 4 is 40.8 Å². The van der Waals surface area contributed by atoms with E-state index >= 15 is 0 Å². The van der Waals surface area contributed by atoms with Gasteiger partial charge < -0.3 is 4.90 Å². The molecule has 122 valence electrons. The summed E-state index contributed by atoms with van der Waals surface area (Å²) in [6.45, 7) is 1.65. The molecule has 2 aliphatic heterocycles. The van der Waals surface area contributed by atoms with Gasteiger partial charge in [-0.05, 0) is 35.3 Å². The van der Waals surface area contributed by atoms with Gasteiger partial charge in [0.05, 0.1) is 23.7 Å². The highest BCUT2D eigenvalue weighted by Gasteiger charge is 2.24. The molecular weight excluding hydrogens is 344 g/mol. The Morgan fingerprint density at radius 1 is 1.38 bits per heavy atom. The highest BCUT2D eigenvalue weighted by atomic mass is 35.5. The summed E-state index contributed by atoms with van der Waals surface area (Å²) in [6.07, 6.45) is 6.58. The number of hydrogen-bond donors (Lipinski definition) is 0. The van der Waals surface area contributed by atoms with Crippen molar-refractivity contribution < 1.29 is 4.79 Å². The molecule has 3 heterocycles. The first-order valence-electron chi connectivity index (χ1n) is 7.68. The summed E-state index contributed by atoms with van der Waals surface area (Å²) < 4.78 is 4.18. The van der Waals surface area contributed by atoms with Gasteiger partial charge in [0.1, 0.15) is 0 Å². The molecule has 7 heteroatoms. The number of hydrogen-bond acceptors (Lipinski definition) is 5. The first-order valence-corrected chi connectivity index (χ1v) is 8.84. The second kappa shape index (κ2) is 6.37. The molecule has 1 aromatic heterocycles. The van der Waals surface area contributed by atoms with Crippen LogP contribution in [-0.4, -0.2) is 39.0 Å². The number of hydrazone groups is 1. The molecule has 0 aliphatic carbocycles. The van der Waals surface area contributed by atoms with Crippen molar-refractivity contribution in [2.45, 2.75) is 13.0 Å². The second-order valence-corrected chi connectivity index (χ2v) is 7.03. The predicted molar refractivity (Wildman–Crippen MR) is 95.9 cm³/mol. The molecule has 0 saturated carbocycles. The molecule has 24 heavy (non-hydrogen) atoms. The van der Waals surface area contributed by atoms with Crippen molar-refractivity contribution in [1.82, 2.24) is 14.3 Å². The summed E-state index contributed by atoms with van der Waals surface area (Å²) >= 11 is 7.51. The zero-order valence-electron chi connectivity index (χ0n) is 12.9. The SMILES string of the molecule is O=C(CN1C=Cc2sncc2C1)N1CCC(c2cccc(Cl)c2)=N1. The average Bonchev–Trinajstić information content (AvgIpc) is 3.24. The smallest absolute Gasteiger partial charge is 0.262 e. The van der Waals surface area contributed by atoms with Crippen LogP contribution in [0.25, 0.3) is 6.08 Å². The van der Waals surface area contributed by atoms with Crippen LogP contribution >= 0.6 is 23.1 Å². The van der Waals surface area contributed by atoms with Crippen LogP contribution in [0.3, 0.4) is 0 Å². The molecule has 0 spiro atoms. The summed E-state index contributed by atoms with van der Waals surface area (Å²) in [5.41, 5.74) is 3.05. The zero-order chi connectivity index (χ0) is 16.5. The third-order valence-electron chi connectivity index (χ3n) is 4.07. The van der Waals surface area contributed by atoms with Crippen LogP contribution in [0.5, 0.6) is 0 Å². The molecule has 2 aromatic rings. The summed E-state index contributed by atoms with van der Waals surface area (Å²) in [4.78, 5) is 15.7. The number of amides is 1. The van der Waals surface area contributed by atoms with E-state index in [1.165, 1.54) is 22.0 Å². The molecule has 0 unspecified atom stereocenters. The minimum absolute atomic E-state index is 0.00307. The standard InChI is InChI=1S/C17H15ClN4OS/c18-14-3-1-2-12(8-14)15-4-7-22(20-15)17(23)11-21-6-5-16-13(10-21)9-19-24-16/h1-3,5-6,8-9H,4,7,10-11H2. The van der Waals surface area contributed by atoms with Crippen LogP contribution in [-0.2, 0) is 11.3 Å². The highest BCUT2D eigenvalue weighted by Crippen LogP contribution is 2.23. The number of carbonyl (C=O) groups is 1. The molecule has 5 nitrogen and oxygen atoms in total. The van der Waals surface area contributed by atoms with Gasteiger partial charge >= 0.3 is 0 Å². The highest BCUT2D eigenvalue weighted by molar-refractivity contribution is 7.06. The quantitative estimate of drug-likeness (QED) is 0.846. The predicted octanol–water partition coefficient (Wildman–Crippen LogP) is 3.22. The van der Waals surface area contributed by atoms with E-state index in [1.807, 2.05) is 47.6 Å². The Labute approximate surface area is 149 Å². The number of rotatable bonds is 3. The first-order chi connectivity index (χ1) is 11.7. The molecular formula is C17H15ClN4OS. The Morgan fingerprint density at radius 3 is 3.17 bits per heavy atom. The van der Waals surface area contributed by atoms with Crippen molar-refractivity contribution in [1.29, 1.82) is 0 Å². The van der Waals surface area contributed by atoms with Gasteiger partial charge in [-0.25, -0.2) is 9.38 Å². The van der Waals surface area contributed by atoms with E-state index in [2.05, 4.69) is 9.47 Å². The number of benzene rings is 1. The van der Waals surface area contributed by atoms with Crippen LogP contribution in [0, 0.1) is 0 Å². The number of nitrogens with zero attached hydrogens (tertiary/aromatic N) is 4. The van der Waals surface area contributed by atoms with E-state index in [1.54, 1.807) is 5.01 Å². The molecule has 0 bridgehead atoms. The van der Waals surface area contributed by atoms with Gasteiger partial charge in [0.2, 0.25) is 0 Å². The maximum Gasteiger partial charge on any atom is 0.262 e. The minimum atomic E-state index is 0.00307. The Balaban J connectivity index is 1.42. The number of carbonyl (C=O) groups excluding carboxylic acids is 1. The van der Waals surface area contributed by atoms with Crippen LogP contribution < -0.4 is 0 Å². The zero-order valence-corrected chi connectivity index (χ0v) is 14.4. The van der Waals surface area contributed by atoms with E-state index in [-0.39, 0.29) is 5.91 Å². The van der Waals surface area contributed by atoms with Gasteiger partial charge in [0.15, 0.2) is 0 Å². The molecule has 0 radical (unpaired) electrons. The molecule has 4 rings (SSSR count). The van der Waals surface area contributed by atoms with Crippen molar-refractivity contribution in [2.75, 3.05) is 13.1 Å². The van der Waals surface area contributed by atoms with Crippen LogP contribution in [0.15, 0.2) is 41.8 Å². The maximum atomic E-state index is 12.5. The topological polar surface area (TPSA) is 48.8 Å². The molecule has 0 N–H and O–H groups in total. The first kappa shape index (κ1) is 15.4. The van der Waals surface area contributed by atoms with Gasteiger partial charge in [0, 0.05) is 35.9 Å². The molecule has 0 saturated heterocycles. The maximum absolute atomic E-state index is 12.5. The van der Waals surface area contributed by atoms with Crippen molar-refractivity contribution in [2.24, 2.45) is 5.10 Å². The summed E-state index contributed by atoms with van der Waals surface area (Å²) in [5, 5.41) is 6.72. The Kier molecular flexibility index (Phi) is 4.08. The molecule has 1 amide bonds. The fraction of sp³-hybridized carbons (Fsp3) is 0.235. The van der Waals surface area contributed by atoms with E-state index in [0.717, 1.165) is 17.7 Å². The number of aromatic nitrogens is 1. The second-order valence-electron chi connectivity index (χ2n) is 5.76. The number of halogens is 1. The Hall–Kier alpha value is -2.18. The fourth-order valence-electron chi connectivity index (χ4n) is 2.84. The van der Waals surface area contributed by atoms with Gasteiger partial charge in [0.25, 0.3) is 5.91 Å². The Morgan fingerprint density at radius 2 is 2.29 bits per heavy atom. The summed E-state index contributed by atoms with van der Waals surface area (Å²) in [6, 6.07) is 7.58. The number of fused-ring (bicyclic) bond motifs is 1.